The number of carbonyl (C=O) groups is 1. The van der Waals surface area contributed by atoms with Gasteiger partial charge in [0, 0.05) is 31.5 Å². The predicted octanol–water partition coefficient (Wildman–Crippen LogP) is 0.104. The standard InChI is InChI=1S/C21H28N6O6S/c1-21(2,32-3)6-4-7-27-8-5-17(26-27)19(29)16-11-23-13-24-20(16)25-15-9-14(18(28)10-15)12-33-34(22,30)31/h5,8,11,13-15,18,28H,7,9-10,12H2,1-3H3,(H2,22,30,31)(H,23,24,25)/t14-,15-,18+/m1/s1. The fraction of sp³-hybridized carbons (Fsp3) is 0.524. The van der Waals surface area contributed by atoms with Crippen LogP contribution in [0.2, 0.25) is 0 Å². The maximum absolute atomic E-state index is 13.1. The number of ether oxygens (including phenoxy) is 1. The summed E-state index contributed by atoms with van der Waals surface area (Å²) < 4.78 is 33.5. The number of aliphatic hydroxyl groups is 1. The summed E-state index contributed by atoms with van der Waals surface area (Å²) in [5.41, 5.74) is -0.153. The topological polar surface area (TPSA) is 172 Å². The molecule has 12 nitrogen and oxygen atoms in total. The summed E-state index contributed by atoms with van der Waals surface area (Å²) in [7, 11) is -2.51. The van der Waals surface area contributed by atoms with Crippen molar-refractivity contribution >= 4 is 21.9 Å². The number of aliphatic hydroxyl groups excluding tert-OH is 1. The average molecular weight is 493 g/mol. The van der Waals surface area contributed by atoms with Gasteiger partial charge in [-0.3, -0.25) is 13.7 Å². The maximum atomic E-state index is 13.1. The van der Waals surface area contributed by atoms with Crippen molar-refractivity contribution in [2.24, 2.45) is 11.1 Å². The Hall–Kier alpha value is -2.89. The molecule has 3 atom stereocenters. The lowest BCUT2D eigenvalue weighted by atomic mass is 10.1. The Kier molecular flexibility index (Phi) is 8.01. The number of nitrogens with zero attached hydrogens (tertiary/aromatic N) is 4. The number of hydrogen-bond donors (Lipinski definition) is 3. The lowest BCUT2D eigenvalue weighted by Crippen LogP contribution is -2.24. The molecule has 0 bridgehead atoms. The summed E-state index contributed by atoms with van der Waals surface area (Å²) in [6.45, 7) is 3.76. The third kappa shape index (κ3) is 7.05. The molecule has 2 heterocycles. The lowest BCUT2D eigenvalue weighted by molar-refractivity contribution is 0.0740. The molecule has 0 aromatic carbocycles. The highest BCUT2D eigenvalue weighted by Crippen LogP contribution is 2.29. The highest BCUT2D eigenvalue weighted by molar-refractivity contribution is 7.84. The largest absolute Gasteiger partial charge is 0.393 e. The van der Waals surface area contributed by atoms with Crippen LogP contribution in [0, 0.1) is 17.8 Å². The van der Waals surface area contributed by atoms with Gasteiger partial charge in [-0.15, -0.1) is 0 Å². The number of nitrogens with one attached hydrogen (secondary N) is 1. The molecule has 1 aliphatic carbocycles. The van der Waals surface area contributed by atoms with E-state index >= 15 is 0 Å². The van der Waals surface area contributed by atoms with Crippen molar-refractivity contribution in [1.82, 2.24) is 19.7 Å². The van der Waals surface area contributed by atoms with Gasteiger partial charge in [-0.05, 0) is 32.8 Å². The van der Waals surface area contributed by atoms with Gasteiger partial charge in [-0.1, -0.05) is 11.8 Å². The lowest BCUT2D eigenvalue weighted by Gasteiger charge is -2.15. The predicted molar refractivity (Wildman–Crippen MR) is 122 cm³/mol. The van der Waals surface area contributed by atoms with E-state index in [9.17, 15) is 18.3 Å². The van der Waals surface area contributed by atoms with Crippen LogP contribution in [-0.4, -0.2) is 70.5 Å². The molecule has 4 N–H and O–H groups in total. The maximum Gasteiger partial charge on any atom is 0.333 e. The van der Waals surface area contributed by atoms with E-state index in [1.807, 2.05) is 13.8 Å². The highest BCUT2D eigenvalue weighted by Gasteiger charge is 2.34. The third-order valence-corrected chi connectivity index (χ3v) is 5.88. The fourth-order valence-electron chi connectivity index (χ4n) is 3.48. The molecule has 3 rings (SSSR count). The van der Waals surface area contributed by atoms with Crippen molar-refractivity contribution in [1.29, 1.82) is 0 Å². The van der Waals surface area contributed by atoms with Crippen molar-refractivity contribution in [3.63, 3.8) is 0 Å². The minimum absolute atomic E-state index is 0.205. The fourth-order valence-corrected chi connectivity index (χ4v) is 3.84. The van der Waals surface area contributed by atoms with Crippen molar-refractivity contribution in [2.45, 2.75) is 51.0 Å². The van der Waals surface area contributed by atoms with Gasteiger partial charge in [0.2, 0.25) is 5.78 Å². The number of hydrogen-bond acceptors (Lipinski definition) is 10. The van der Waals surface area contributed by atoms with E-state index in [-0.39, 0.29) is 29.7 Å². The van der Waals surface area contributed by atoms with Gasteiger partial charge in [0.1, 0.15) is 30.0 Å². The van der Waals surface area contributed by atoms with E-state index in [1.54, 1.807) is 24.1 Å². The Morgan fingerprint density at radius 2 is 2.18 bits per heavy atom. The molecule has 2 aromatic heterocycles. The van der Waals surface area contributed by atoms with E-state index < -0.39 is 27.9 Å². The molecule has 0 amide bonds. The van der Waals surface area contributed by atoms with Crippen molar-refractivity contribution in [2.75, 3.05) is 19.0 Å². The Morgan fingerprint density at radius 1 is 1.41 bits per heavy atom. The first-order valence-electron chi connectivity index (χ1n) is 10.5. The highest BCUT2D eigenvalue weighted by atomic mass is 32.2. The van der Waals surface area contributed by atoms with Crippen LogP contribution in [0.25, 0.3) is 0 Å². The van der Waals surface area contributed by atoms with Crippen molar-refractivity contribution in [3.8, 4) is 11.8 Å². The number of rotatable bonds is 9. The molecule has 0 saturated heterocycles. The SMILES string of the molecule is COC(C)(C)C#CCn1ccc(C(=O)c2cncnc2N[C@@H]2C[C@H](COS(N)(=O)=O)[C@@H](O)C2)n1. The third-order valence-electron chi connectivity index (χ3n) is 5.42. The smallest absolute Gasteiger partial charge is 0.333 e. The summed E-state index contributed by atoms with van der Waals surface area (Å²) >= 11 is 0. The van der Waals surface area contributed by atoms with Crippen LogP contribution >= 0.6 is 0 Å². The van der Waals surface area contributed by atoms with Crippen LogP contribution in [0.5, 0.6) is 0 Å². The molecule has 0 aliphatic heterocycles. The zero-order valence-corrected chi connectivity index (χ0v) is 19.9. The normalized spacial score (nSPS) is 20.6. The van der Waals surface area contributed by atoms with Gasteiger partial charge in [0.05, 0.1) is 18.3 Å². The Morgan fingerprint density at radius 3 is 2.88 bits per heavy atom. The van der Waals surface area contributed by atoms with Crippen LogP contribution < -0.4 is 10.5 Å². The molecule has 1 saturated carbocycles. The number of anilines is 1. The number of methoxy groups -OCH3 is 1. The number of carbonyl (C=O) groups excluding carboxylic acids is 1. The molecule has 1 fully saturated rings. The van der Waals surface area contributed by atoms with Crippen LogP contribution in [0.1, 0.15) is 42.7 Å². The molecule has 13 heteroatoms. The molecule has 2 aromatic rings. The summed E-state index contributed by atoms with van der Waals surface area (Å²) in [6, 6.07) is 1.32. The van der Waals surface area contributed by atoms with Crippen molar-refractivity contribution in [3.05, 3.63) is 36.0 Å². The Balaban J connectivity index is 1.68. The molecular weight excluding hydrogens is 464 g/mol. The van der Waals surface area contributed by atoms with Crippen LogP contribution in [0.4, 0.5) is 5.82 Å². The molecular formula is C21H28N6O6S. The first-order valence-corrected chi connectivity index (χ1v) is 12.0. The van der Waals surface area contributed by atoms with Gasteiger partial charge in [0.25, 0.3) is 0 Å². The summed E-state index contributed by atoms with van der Waals surface area (Å²) in [4.78, 5) is 21.2. The van der Waals surface area contributed by atoms with Crippen LogP contribution in [0.15, 0.2) is 24.8 Å². The van der Waals surface area contributed by atoms with E-state index in [0.29, 0.717) is 25.2 Å². The minimum Gasteiger partial charge on any atom is -0.393 e. The van der Waals surface area contributed by atoms with E-state index in [2.05, 4.69) is 36.4 Å². The van der Waals surface area contributed by atoms with E-state index in [0.717, 1.165) is 0 Å². The monoisotopic (exact) mass is 492 g/mol. The van der Waals surface area contributed by atoms with Gasteiger partial charge < -0.3 is 15.2 Å². The van der Waals surface area contributed by atoms with Gasteiger partial charge >= 0.3 is 10.3 Å². The summed E-state index contributed by atoms with van der Waals surface area (Å²) in [5, 5.41) is 22.5. The number of nitrogens with two attached hydrogens (primary N) is 1. The van der Waals surface area contributed by atoms with Gasteiger partial charge in [0.15, 0.2) is 0 Å². The first kappa shape index (κ1) is 25.7. The minimum atomic E-state index is -4.09. The molecule has 0 spiro atoms. The quantitative estimate of drug-likeness (QED) is 0.322. The number of ketones is 1. The molecule has 0 unspecified atom stereocenters. The second-order valence-corrected chi connectivity index (χ2v) is 9.67. The van der Waals surface area contributed by atoms with Gasteiger partial charge in [-0.2, -0.15) is 13.5 Å². The van der Waals surface area contributed by atoms with Gasteiger partial charge in [-0.25, -0.2) is 15.1 Å². The second-order valence-electron chi connectivity index (χ2n) is 8.45. The van der Waals surface area contributed by atoms with Crippen LogP contribution in [0.3, 0.4) is 0 Å². The Labute approximate surface area is 198 Å². The molecule has 1 aliphatic rings. The van der Waals surface area contributed by atoms with Crippen molar-refractivity contribution < 1.29 is 27.2 Å². The zero-order chi connectivity index (χ0) is 24.9. The van der Waals surface area contributed by atoms with Crippen LogP contribution in [-0.2, 0) is 25.8 Å². The average Bonchev–Trinajstić information content (AvgIpc) is 3.38. The van der Waals surface area contributed by atoms with E-state index in [1.165, 1.54) is 12.5 Å². The molecule has 0 radical (unpaired) electrons. The summed E-state index contributed by atoms with van der Waals surface area (Å²) in [5.74, 6) is 5.44. The zero-order valence-electron chi connectivity index (χ0n) is 19.1. The first-order chi connectivity index (χ1) is 16.0. The second kappa shape index (κ2) is 10.6. The van der Waals surface area contributed by atoms with E-state index in [4.69, 9.17) is 9.88 Å². The molecule has 34 heavy (non-hydrogen) atoms. The summed E-state index contributed by atoms with van der Waals surface area (Å²) in [6.07, 6.45) is 4.28. The number of aromatic nitrogens is 4. The Bertz CT molecular complexity index is 1190. The molecule has 184 valence electrons.